The van der Waals surface area contributed by atoms with Gasteiger partial charge in [-0.3, -0.25) is 19.7 Å². The number of amides is 3. The van der Waals surface area contributed by atoms with Crippen molar-refractivity contribution in [2.75, 3.05) is 11.1 Å². The molecule has 168 valence electrons. The van der Waals surface area contributed by atoms with Crippen LogP contribution in [-0.2, 0) is 4.79 Å². The first kappa shape index (κ1) is 21.6. The summed E-state index contributed by atoms with van der Waals surface area (Å²) in [7, 11) is 0. The van der Waals surface area contributed by atoms with Gasteiger partial charge in [-0.15, -0.1) is 5.10 Å². The van der Waals surface area contributed by atoms with Crippen molar-refractivity contribution in [3.05, 3.63) is 90.0 Å². The van der Waals surface area contributed by atoms with Gasteiger partial charge in [0.05, 0.1) is 16.8 Å². The number of aromatic nitrogens is 3. The molecule has 2 heterocycles. The number of anilines is 1. The second-order valence-corrected chi connectivity index (χ2v) is 8.58. The molecular formula is C25H19N5O3S. The van der Waals surface area contributed by atoms with Crippen LogP contribution in [0.25, 0.3) is 17.1 Å². The van der Waals surface area contributed by atoms with Crippen molar-refractivity contribution in [2.45, 2.75) is 11.6 Å². The van der Waals surface area contributed by atoms with Crippen LogP contribution in [0.4, 0.5) is 5.69 Å². The van der Waals surface area contributed by atoms with E-state index in [1.165, 1.54) is 23.9 Å². The van der Waals surface area contributed by atoms with Gasteiger partial charge in [-0.2, -0.15) is 0 Å². The fourth-order valence-corrected chi connectivity index (χ4v) is 4.34. The minimum absolute atomic E-state index is 0.206. The predicted octanol–water partition coefficient (Wildman–Crippen LogP) is 3.94. The van der Waals surface area contributed by atoms with E-state index in [0.717, 1.165) is 17.1 Å². The van der Waals surface area contributed by atoms with E-state index < -0.39 is 11.8 Å². The molecule has 0 fully saturated rings. The lowest BCUT2D eigenvalue weighted by molar-refractivity contribution is -0.115. The quantitative estimate of drug-likeness (QED) is 0.314. The number of rotatable bonds is 7. The number of thioether (sulfide) groups is 1. The zero-order valence-corrected chi connectivity index (χ0v) is 18.7. The Morgan fingerprint density at radius 2 is 1.62 bits per heavy atom. The van der Waals surface area contributed by atoms with E-state index in [1.54, 1.807) is 10.7 Å². The Kier molecular flexibility index (Phi) is 5.92. The Morgan fingerprint density at radius 3 is 2.38 bits per heavy atom. The molecule has 0 radical (unpaired) electrons. The van der Waals surface area contributed by atoms with E-state index in [-0.39, 0.29) is 17.9 Å². The maximum absolute atomic E-state index is 12.4. The van der Waals surface area contributed by atoms with Crippen LogP contribution in [0.3, 0.4) is 0 Å². The van der Waals surface area contributed by atoms with E-state index in [0.29, 0.717) is 22.2 Å². The number of benzene rings is 3. The van der Waals surface area contributed by atoms with Crippen LogP contribution in [0.5, 0.6) is 0 Å². The van der Waals surface area contributed by atoms with Crippen molar-refractivity contribution >= 4 is 35.2 Å². The van der Waals surface area contributed by atoms with E-state index in [4.69, 9.17) is 4.98 Å². The Bertz CT molecular complexity index is 1330. The van der Waals surface area contributed by atoms with Gasteiger partial charge in [0.15, 0.2) is 5.82 Å². The number of carbonyl (C=O) groups is 3. The van der Waals surface area contributed by atoms with Crippen LogP contribution in [0.15, 0.2) is 84.0 Å². The number of hydrogen-bond donors (Lipinski definition) is 2. The van der Waals surface area contributed by atoms with Gasteiger partial charge in [0.2, 0.25) is 11.1 Å². The molecule has 0 unspecified atom stereocenters. The minimum atomic E-state index is -0.457. The van der Waals surface area contributed by atoms with E-state index in [9.17, 15) is 14.4 Å². The highest BCUT2D eigenvalue weighted by molar-refractivity contribution is 7.99. The highest BCUT2D eigenvalue weighted by Crippen LogP contribution is 2.25. The lowest BCUT2D eigenvalue weighted by Crippen LogP contribution is -2.19. The fourth-order valence-electron chi connectivity index (χ4n) is 3.58. The molecule has 1 aliphatic rings. The highest BCUT2D eigenvalue weighted by Gasteiger charge is 2.26. The number of hydrogen-bond acceptors (Lipinski definition) is 6. The van der Waals surface area contributed by atoms with Crippen LogP contribution in [0.2, 0.25) is 0 Å². The molecule has 4 aromatic rings. The summed E-state index contributed by atoms with van der Waals surface area (Å²) in [5.41, 5.74) is 2.89. The summed E-state index contributed by atoms with van der Waals surface area (Å²) < 4.78 is 1.80. The third-order valence-electron chi connectivity index (χ3n) is 5.20. The van der Waals surface area contributed by atoms with Crippen molar-refractivity contribution in [2.24, 2.45) is 0 Å². The predicted molar refractivity (Wildman–Crippen MR) is 129 cm³/mol. The van der Waals surface area contributed by atoms with E-state index >= 15 is 0 Å². The zero-order valence-electron chi connectivity index (χ0n) is 17.9. The summed E-state index contributed by atoms with van der Waals surface area (Å²) >= 11 is 1.39. The lowest BCUT2D eigenvalue weighted by atomic mass is 10.1. The number of fused-ring (bicyclic) bond motifs is 1. The van der Waals surface area contributed by atoms with Crippen LogP contribution in [0, 0.1) is 0 Å². The Labute approximate surface area is 199 Å². The average Bonchev–Trinajstić information content (AvgIpc) is 3.41. The van der Waals surface area contributed by atoms with Gasteiger partial charge in [-0.25, -0.2) is 9.67 Å². The second-order valence-electron chi connectivity index (χ2n) is 7.52. The molecule has 0 saturated heterocycles. The van der Waals surface area contributed by atoms with Crippen LogP contribution >= 0.6 is 11.8 Å². The smallest absolute Gasteiger partial charge is 0.259 e. The standard InChI is InChI=1S/C25H19N5O3S/c31-21(26-17-11-12-19-20(15-17)24(33)28-23(19)32)13-14-34-25-27-22(16-7-3-1-4-8-16)30(29-25)18-9-5-2-6-10-18/h1-12,15H,13-14H2,(H,26,31)(H,28,32,33). The summed E-state index contributed by atoms with van der Waals surface area (Å²) in [6.07, 6.45) is 0.230. The molecule has 0 spiro atoms. The molecule has 1 aromatic heterocycles. The molecule has 3 amide bonds. The number of nitrogens with one attached hydrogen (secondary N) is 2. The van der Waals surface area contributed by atoms with Crippen LogP contribution in [-0.4, -0.2) is 38.2 Å². The number of imide groups is 1. The summed E-state index contributed by atoms with van der Waals surface area (Å²) in [4.78, 5) is 40.6. The third kappa shape index (κ3) is 4.46. The van der Waals surface area contributed by atoms with Gasteiger partial charge in [0, 0.05) is 23.4 Å². The molecule has 5 rings (SSSR count). The van der Waals surface area contributed by atoms with Crippen molar-refractivity contribution < 1.29 is 14.4 Å². The summed E-state index contributed by atoms with van der Waals surface area (Å²) in [6.45, 7) is 0. The highest BCUT2D eigenvalue weighted by atomic mass is 32.2. The van der Waals surface area contributed by atoms with Gasteiger partial charge in [0.25, 0.3) is 11.8 Å². The summed E-state index contributed by atoms with van der Waals surface area (Å²) in [5, 5.41) is 10.2. The topological polar surface area (TPSA) is 106 Å². The van der Waals surface area contributed by atoms with Crippen molar-refractivity contribution in [1.82, 2.24) is 20.1 Å². The minimum Gasteiger partial charge on any atom is -0.326 e. The Balaban J connectivity index is 1.25. The molecular weight excluding hydrogens is 450 g/mol. The first-order valence-corrected chi connectivity index (χ1v) is 11.6. The zero-order chi connectivity index (χ0) is 23.5. The molecule has 0 aliphatic carbocycles. The number of para-hydroxylation sites is 1. The Hall–Kier alpha value is -4.24. The molecule has 8 nitrogen and oxygen atoms in total. The van der Waals surface area contributed by atoms with Crippen molar-refractivity contribution in [3.8, 4) is 17.1 Å². The summed E-state index contributed by atoms with van der Waals surface area (Å²) in [5.74, 6) is 0.114. The summed E-state index contributed by atoms with van der Waals surface area (Å²) in [6, 6.07) is 24.2. The van der Waals surface area contributed by atoms with Crippen LogP contribution in [0.1, 0.15) is 27.1 Å². The first-order valence-electron chi connectivity index (χ1n) is 10.6. The van der Waals surface area contributed by atoms with Gasteiger partial charge >= 0.3 is 0 Å². The number of nitrogens with zero attached hydrogens (tertiary/aromatic N) is 3. The molecule has 34 heavy (non-hydrogen) atoms. The third-order valence-corrected chi connectivity index (χ3v) is 6.04. The van der Waals surface area contributed by atoms with E-state index in [1.807, 2.05) is 60.7 Å². The molecule has 2 N–H and O–H groups in total. The molecule has 0 atom stereocenters. The monoisotopic (exact) mass is 469 g/mol. The van der Waals surface area contributed by atoms with Crippen LogP contribution < -0.4 is 10.6 Å². The first-order chi connectivity index (χ1) is 16.6. The maximum atomic E-state index is 12.4. The van der Waals surface area contributed by atoms with E-state index in [2.05, 4.69) is 15.7 Å². The van der Waals surface area contributed by atoms with Gasteiger partial charge in [-0.1, -0.05) is 60.3 Å². The Morgan fingerprint density at radius 1 is 0.912 bits per heavy atom. The van der Waals surface area contributed by atoms with Gasteiger partial charge < -0.3 is 5.32 Å². The number of carbonyl (C=O) groups excluding carboxylic acids is 3. The van der Waals surface area contributed by atoms with Gasteiger partial charge in [-0.05, 0) is 30.3 Å². The molecule has 3 aromatic carbocycles. The molecule has 1 aliphatic heterocycles. The average molecular weight is 470 g/mol. The normalized spacial score (nSPS) is 12.4. The second kappa shape index (κ2) is 9.32. The molecule has 0 bridgehead atoms. The lowest BCUT2D eigenvalue weighted by Gasteiger charge is -2.05. The van der Waals surface area contributed by atoms with Gasteiger partial charge in [0.1, 0.15) is 0 Å². The maximum Gasteiger partial charge on any atom is 0.259 e. The molecule has 9 heteroatoms. The fraction of sp³-hybridized carbons (Fsp3) is 0.0800. The molecule has 0 saturated carbocycles. The van der Waals surface area contributed by atoms with Crippen molar-refractivity contribution in [1.29, 1.82) is 0 Å². The largest absolute Gasteiger partial charge is 0.326 e. The van der Waals surface area contributed by atoms with Crippen molar-refractivity contribution in [3.63, 3.8) is 0 Å². The SMILES string of the molecule is O=C(CCSc1nc(-c2ccccc2)n(-c2ccccc2)n1)Nc1ccc2c(c1)C(=O)NC2=O.